The van der Waals surface area contributed by atoms with Gasteiger partial charge in [-0.3, -0.25) is 0 Å². The topological polar surface area (TPSA) is 21.3 Å². The number of ether oxygens (including phenoxy) is 1. The largest absolute Gasteiger partial charge is 0.380 e. The molecule has 2 rings (SSSR count). The van der Waals surface area contributed by atoms with E-state index >= 15 is 0 Å². The van der Waals surface area contributed by atoms with Crippen LogP contribution < -0.4 is 5.32 Å². The van der Waals surface area contributed by atoms with Crippen LogP contribution in [0.3, 0.4) is 0 Å². The second kappa shape index (κ2) is 6.36. The summed E-state index contributed by atoms with van der Waals surface area (Å²) in [5.74, 6) is 0. The van der Waals surface area contributed by atoms with Crippen LogP contribution in [0.1, 0.15) is 15.3 Å². The fourth-order valence-electron chi connectivity index (χ4n) is 1.68. The van der Waals surface area contributed by atoms with Crippen molar-refractivity contribution in [3.63, 3.8) is 0 Å². The monoisotopic (exact) mass is 325 g/mol. The van der Waals surface area contributed by atoms with Crippen molar-refractivity contribution in [2.45, 2.75) is 20.1 Å². The Bertz CT molecular complexity index is 488. The first-order chi connectivity index (χ1) is 8.69. The highest BCUT2D eigenvalue weighted by atomic mass is 79.9. The minimum Gasteiger partial charge on any atom is -0.380 e. The molecule has 0 aliphatic carbocycles. The van der Waals surface area contributed by atoms with E-state index in [1.165, 1.54) is 19.8 Å². The van der Waals surface area contributed by atoms with Gasteiger partial charge in [-0.15, -0.1) is 11.3 Å². The first kappa shape index (κ1) is 13.6. The molecule has 0 aliphatic rings. The van der Waals surface area contributed by atoms with Gasteiger partial charge in [-0.2, -0.15) is 0 Å². The number of thiophene rings is 1. The Morgan fingerprint density at radius 1 is 1.28 bits per heavy atom. The van der Waals surface area contributed by atoms with E-state index in [2.05, 4.69) is 58.5 Å². The van der Waals surface area contributed by atoms with Crippen molar-refractivity contribution in [3.05, 3.63) is 50.1 Å². The molecule has 1 aromatic heterocycles. The van der Waals surface area contributed by atoms with Crippen LogP contribution in [0.15, 0.2) is 34.8 Å². The summed E-state index contributed by atoms with van der Waals surface area (Å²) in [5, 5.41) is 3.42. The van der Waals surface area contributed by atoms with Gasteiger partial charge in [-0.05, 0) is 46.6 Å². The van der Waals surface area contributed by atoms with Gasteiger partial charge in [0, 0.05) is 33.6 Å². The number of benzene rings is 1. The minimum absolute atomic E-state index is 0.664. The lowest BCUT2D eigenvalue weighted by Gasteiger charge is -2.06. The second-order valence-electron chi connectivity index (χ2n) is 4.10. The van der Waals surface area contributed by atoms with Gasteiger partial charge in [0.25, 0.3) is 0 Å². The summed E-state index contributed by atoms with van der Waals surface area (Å²) in [4.78, 5) is 2.66. The summed E-state index contributed by atoms with van der Waals surface area (Å²) in [7, 11) is 1.71. The van der Waals surface area contributed by atoms with Crippen LogP contribution in [-0.2, 0) is 17.9 Å². The molecule has 0 fully saturated rings. The number of halogens is 1. The van der Waals surface area contributed by atoms with Crippen molar-refractivity contribution < 1.29 is 4.74 Å². The fraction of sp³-hybridized carbons (Fsp3) is 0.286. The highest BCUT2D eigenvalue weighted by Crippen LogP contribution is 2.26. The molecule has 1 N–H and O–H groups in total. The lowest BCUT2D eigenvalue weighted by Crippen LogP contribution is -1.97. The van der Waals surface area contributed by atoms with Crippen molar-refractivity contribution in [1.82, 2.24) is 0 Å². The summed E-state index contributed by atoms with van der Waals surface area (Å²) >= 11 is 5.35. The van der Waals surface area contributed by atoms with Crippen molar-refractivity contribution in [2.24, 2.45) is 0 Å². The molecule has 0 atom stereocenters. The Kier molecular flexibility index (Phi) is 4.80. The molecular formula is C14H16BrNOS. The van der Waals surface area contributed by atoms with Crippen molar-refractivity contribution in [1.29, 1.82) is 0 Å². The number of aryl methyl sites for hydroxylation is 1. The maximum absolute atomic E-state index is 5.09. The van der Waals surface area contributed by atoms with Gasteiger partial charge in [0.15, 0.2) is 0 Å². The fourth-order valence-corrected chi connectivity index (χ4v) is 3.22. The second-order valence-corrected chi connectivity index (χ2v) is 6.30. The zero-order valence-electron chi connectivity index (χ0n) is 10.5. The summed E-state index contributed by atoms with van der Waals surface area (Å²) < 4.78 is 6.28. The number of rotatable bonds is 5. The molecule has 1 heterocycles. The van der Waals surface area contributed by atoms with E-state index < -0.39 is 0 Å². The predicted molar refractivity (Wildman–Crippen MR) is 81.2 cm³/mol. The van der Waals surface area contributed by atoms with E-state index in [0.29, 0.717) is 6.61 Å². The Balaban J connectivity index is 1.93. The predicted octanol–water partition coefficient (Wildman–Crippen LogP) is 4.58. The molecule has 4 heteroatoms. The molecule has 0 amide bonds. The normalized spacial score (nSPS) is 10.6. The van der Waals surface area contributed by atoms with E-state index in [1.54, 1.807) is 7.11 Å². The Hall–Kier alpha value is -0.840. The van der Waals surface area contributed by atoms with Crippen LogP contribution in [0, 0.1) is 6.92 Å². The highest BCUT2D eigenvalue weighted by Gasteiger charge is 2.02. The Labute approximate surface area is 120 Å². The van der Waals surface area contributed by atoms with E-state index in [0.717, 1.165) is 12.2 Å². The highest BCUT2D eigenvalue weighted by molar-refractivity contribution is 9.10. The van der Waals surface area contributed by atoms with Crippen LogP contribution in [0.5, 0.6) is 0 Å². The smallest absolute Gasteiger partial charge is 0.0713 e. The molecule has 2 aromatic rings. The number of methoxy groups -OCH3 is 1. The number of hydrogen-bond donors (Lipinski definition) is 1. The van der Waals surface area contributed by atoms with Gasteiger partial charge >= 0.3 is 0 Å². The van der Waals surface area contributed by atoms with E-state index in [-0.39, 0.29) is 0 Å². The zero-order valence-corrected chi connectivity index (χ0v) is 12.9. The number of anilines is 1. The van der Waals surface area contributed by atoms with E-state index in [4.69, 9.17) is 4.74 Å². The van der Waals surface area contributed by atoms with Crippen LogP contribution in [0.2, 0.25) is 0 Å². The van der Waals surface area contributed by atoms with Gasteiger partial charge in [-0.1, -0.05) is 12.1 Å². The first-order valence-electron chi connectivity index (χ1n) is 5.75. The molecular weight excluding hydrogens is 310 g/mol. The van der Waals surface area contributed by atoms with Crippen LogP contribution >= 0.6 is 27.3 Å². The van der Waals surface area contributed by atoms with Crippen molar-refractivity contribution in [2.75, 3.05) is 12.4 Å². The lowest BCUT2D eigenvalue weighted by molar-refractivity contribution is 0.185. The standard InChI is InChI=1S/C14H16BrNOS/c1-10-14(15)7-13(18-10)8-16-12-5-3-11(4-6-12)9-17-2/h3-7,16H,8-9H2,1-2H3. The first-order valence-corrected chi connectivity index (χ1v) is 7.36. The summed E-state index contributed by atoms with van der Waals surface area (Å²) in [5.41, 5.74) is 2.33. The van der Waals surface area contributed by atoms with Gasteiger partial charge in [0.2, 0.25) is 0 Å². The van der Waals surface area contributed by atoms with Crippen LogP contribution in [0.25, 0.3) is 0 Å². The van der Waals surface area contributed by atoms with Crippen LogP contribution in [-0.4, -0.2) is 7.11 Å². The number of nitrogens with one attached hydrogen (secondary N) is 1. The third-order valence-electron chi connectivity index (χ3n) is 2.64. The lowest BCUT2D eigenvalue weighted by atomic mass is 10.2. The van der Waals surface area contributed by atoms with Gasteiger partial charge in [0.05, 0.1) is 6.61 Å². The average Bonchev–Trinajstić information content (AvgIpc) is 2.68. The summed E-state index contributed by atoms with van der Waals surface area (Å²) in [6, 6.07) is 10.5. The third kappa shape index (κ3) is 3.57. The molecule has 0 spiro atoms. The molecule has 0 bridgehead atoms. The SMILES string of the molecule is COCc1ccc(NCc2cc(Br)c(C)s2)cc1. The molecule has 0 aliphatic heterocycles. The van der Waals surface area contributed by atoms with Crippen molar-refractivity contribution >= 4 is 33.0 Å². The molecule has 0 unspecified atom stereocenters. The Morgan fingerprint density at radius 2 is 2.00 bits per heavy atom. The molecule has 0 radical (unpaired) electrons. The quantitative estimate of drug-likeness (QED) is 0.868. The van der Waals surface area contributed by atoms with Gasteiger partial charge in [0.1, 0.15) is 0 Å². The third-order valence-corrected chi connectivity index (χ3v) is 4.78. The maximum Gasteiger partial charge on any atom is 0.0713 e. The maximum atomic E-state index is 5.09. The van der Waals surface area contributed by atoms with Gasteiger partial charge < -0.3 is 10.1 Å². The minimum atomic E-state index is 0.664. The van der Waals surface area contributed by atoms with Crippen molar-refractivity contribution in [3.8, 4) is 0 Å². The zero-order chi connectivity index (χ0) is 13.0. The van der Waals surface area contributed by atoms with E-state index in [9.17, 15) is 0 Å². The number of hydrogen-bond acceptors (Lipinski definition) is 3. The molecule has 0 saturated heterocycles. The molecule has 1 aromatic carbocycles. The molecule has 18 heavy (non-hydrogen) atoms. The Morgan fingerprint density at radius 3 is 2.56 bits per heavy atom. The van der Waals surface area contributed by atoms with Crippen LogP contribution in [0.4, 0.5) is 5.69 Å². The van der Waals surface area contributed by atoms with Gasteiger partial charge in [-0.25, -0.2) is 0 Å². The van der Waals surface area contributed by atoms with E-state index in [1.807, 2.05) is 11.3 Å². The average molecular weight is 326 g/mol. The summed E-state index contributed by atoms with van der Waals surface area (Å²) in [6.45, 7) is 3.65. The molecule has 2 nitrogen and oxygen atoms in total. The summed E-state index contributed by atoms with van der Waals surface area (Å²) in [6.07, 6.45) is 0. The molecule has 0 saturated carbocycles. The molecule has 96 valence electrons.